The van der Waals surface area contributed by atoms with Gasteiger partial charge in [-0.2, -0.15) is 0 Å². The molecule has 0 fully saturated rings. The summed E-state index contributed by atoms with van der Waals surface area (Å²) in [5.74, 6) is 0.614. The number of benzene rings is 1. The van der Waals surface area contributed by atoms with Crippen LogP contribution in [0.5, 0.6) is 5.88 Å². The second-order valence-corrected chi connectivity index (χ2v) is 5.89. The Morgan fingerprint density at radius 1 is 1.15 bits per heavy atom. The number of hydrogen-bond acceptors (Lipinski definition) is 5. The summed E-state index contributed by atoms with van der Waals surface area (Å²) >= 11 is 0. The summed E-state index contributed by atoms with van der Waals surface area (Å²) in [6.45, 7) is 7.67. The lowest BCUT2D eigenvalue weighted by atomic mass is 10.2. The Labute approximate surface area is 152 Å². The third-order valence-electron chi connectivity index (χ3n) is 4.30. The second kappa shape index (κ2) is 7.97. The molecule has 26 heavy (non-hydrogen) atoms. The Kier molecular flexibility index (Phi) is 5.48. The minimum atomic E-state index is -0.505. The maximum Gasteiger partial charge on any atom is 0.250 e. The van der Waals surface area contributed by atoms with Crippen LogP contribution in [0.3, 0.4) is 0 Å². The average Bonchev–Trinajstić information content (AvgIpc) is 3.09. The number of primary amides is 1. The molecule has 3 N–H and O–H groups in total. The molecule has 3 rings (SSSR count). The molecule has 3 aromatic rings. The number of para-hydroxylation sites is 1. The minimum Gasteiger partial charge on any atom is -0.476 e. The number of ether oxygens (including phenoxy) is 1. The number of hydrogen-bond donors (Lipinski definition) is 2. The maximum absolute atomic E-state index is 11.6. The van der Waals surface area contributed by atoms with Gasteiger partial charge in [-0.15, -0.1) is 0 Å². The Hall–Kier alpha value is -2.93. The van der Waals surface area contributed by atoms with Crippen molar-refractivity contribution in [1.29, 1.82) is 0 Å². The molecule has 0 bridgehead atoms. The smallest absolute Gasteiger partial charge is 0.250 e. The van der Waals surface area contributed by atoms with Crippen molar-refractivity contribution in [1.82, 2.24) is 19.9 Å². The molecule has 7 heteroatoms. The number of fused-ring (bicyclic) bond motifs is 1. The van der Waals surface area contributed by atoms with Crippen LogP contribution in [-0.2, 0) is 0 Å². The Bertz CT molecular complexity index is 902. The molecule has 0 aliphatic carbocycles. The first-order valence-electron chi connectivity index (χ1n) is 8.73. The van der Waals surface area contributed by atoms with Gasteiger partial charge >= 0.3 is 0 Å². The van der Waals surface area contributed by atoms with Crippen molar-refractivity contribution in [3.8, 4) is 17.4 Å². The third kappa shape index (κ3) is 3.83. The van der Waals surface area contributed by atoms with Crippen molar-refractivity contribution in [2.45, 2.75) is 13.8 Å². The van der Waals surface area contributed by atoms with E-state index in [1.54, 1.807) is 12.1 Å². The van der Waals surface area contributed by atoms with Gasteiger partial charge in [-0.1, -0.05) is 26.0 Å². The van der Waals surface area contributed by atoms with Gasteiger partial charge in [0.25, 0.3) is 5.91 Å². The van der Waals surface area contributed by atoms with Crippen molar-refractivity contribution in [2.75, 3.05) is 26.2 Å². The zero-order valence-electron chi connectivity index (χ0n) is 15.0. The molecule has 0 unspecified atom stereocenters. The van der Waals surface area contributed by atoms with Crippen LogP contribution in [-0.4, -0.2) is 52.0 Å². The van der Waals surface area contributed by atoms with E-state index in [0.717, 1.165) is 25.2 Å². The van der Waals surface area contributed by atoms with E-state index in [2.05, 4.69) is 33.7 Å². The second-order valence-electron chi connectivity index (χ2n) is 5.89. The molecule has 7 nitrogen and oxygen atoms in total. The van der Waals surface area contributed by atoms with Gasteiger partial charge in [0, 0.05) is 12.6 Å². The standard InChI is InChI=1S/C19H23N5O2/c1-3-24(4-2)11-12-26-16-10-6-9-15(21-16)19-22-14-8-5-7-13(18(20)25)17(14)23-19/h5-10H,3-4,11-12H2,1-2H3,(H2,20,25)(H,22,23). The molecule has 2 aromatic heterocycles. The van der Waals surface area contributed by atoms with Crippen LogP contribution in [0.15, 0.2) is 36.4 Å². The zero-order valence-corrected chi connectivity index (χ0v) is 15.0. The van der Waals surface area contributed by atoms with Gasteiger partial charge in [0.05, 0.1) is 11.1 Å². The Morgan fingerprint density at radius 3 is 2.65 bits per heavy atom. The fourth-order valence-corrected chi connectivity index (χ4v) is 2.80. The Morgan fingerprint density at radius 2 is 1.92 bits per heavy atom. The number of rotatable bonds is 8. The number of aromatic nitrogens is 3. The van der Waals surface area contributed by atoms with Crippen molar-refractivity contribution < 1.29 is 9.53 Å². The first-order chi connectivity index (χ1) is 12.6. The molecule has 136 valence electrons. The highest BCUT2D eigenvalue weighted by molar-refractivity contribution is 6.04. The van der Waals surface area contributed by atoms with E-state index in [-0.39, 0.29) is 0 Å². The number of carbonyl (C=O) groups excluding carboxylic acids is 1. The number of imidazole rings is 1. The summed E-state index contributed by atoms with van der Waals surface area (Å²) in [6.07, 6.45) is 0. The number of amides is 1. The number of nitrogens with zero attached hydrogens (tertiary/aromatic N) is 3. The van der Waals surface area contributed by atoms with Crippen LogP contribution < -0.4 is 10.5 Å². The van der Waals surface area contributed by atoms with Crippen LogP contribution >= 0.6 is 0 Å². The molecule has 1 aromatic carbocycles. The van der Waals surface area contributed by atoms with E-state index < -0.39 is 5.91 Å². The van der Waals surface area contributed by atoms with Crippen LogP contribution in [0.2, 0.25) is 0 Å². The lowest BCUT2D eigenvalue weighted by molar-refractivity contribution is 0.100. The van der Waals surface area contributed by atoms with E-state index in [9.17, 15) is 4.79 Å². The monoisotopic (exact) mass is 353 g/mol. The molecule has 0 saturated heterocycles. The lowest BCUT2D eigenvalue weighted by Crippen LogP contribution is -2.28. The Balaban J connectivity index is 1.81. The summed E-state index contributed by atoms with van der Waals surface area (Å²) in [5.41, 5.74) is 7.74. The van der Waals surface area contributed by atoms with Crippen LogP contribution in [0.4, 0.5) is 0 Å². The van der Waals surface area contributed by atoms with Gasteiger partial charge in [-0.05, 0) is 31.3 Å². The maximum atomic E-state index is 11.6. The third-order valence-corrected chi connectivity index (χ3v) is 4.30. The first kappa shape index (κ1) is 17.9. The fraction of sp³-hybridized carbons (Fsp3) is 0.316. The summed E-state index contributed by atoms with van der Waals surface area (Å²) in [5, 5.41) is 0. The SMILES string of the molecule is CCN(CC)CCOc1cccc(-c2nc3c(C(N)=O)cccc3[nH]2)n1. The highest BCUT2D eigenvalue weighted by Crippen LogP contribution is 2.23. The lowest BCUT2D eigenvalue weighted by Gasteiger charge is -2.17. The number of nitrogens with two attached hydrogens (primary N) is 1. The van der Waals surface area contributed by atoms with Gasteiger partial charge in [-0.25, -0.2) is 9.97 Å². The molecule has 0 radical (unpaired) electrons. The van der Waals surface area contributed by atoms with E-state index in [4.69, 9.17) is 10.5 Å². The number of pyridine rings is 1. The van der Waals surface area contributed by atoms with Crippen LogP contribution in [0.25, 0.3) is 22.6 Å². The zero-order chi connectivity index (χ0) is 18.5. The van der Waals surface area contributed by atoms with E-state index >= 15 is 0 Å². The van der Waals surface area contributed by atoms with Crippen molar-refractivity contribution >= 4 is 16.9 Å². The van der Waals surface area contributed by atoms with Crippen molar-refractivity contribution in [3.05, 3.63) is 42.0 Å². The van der Waals surface area contributed by atoms with Gasteiger partial charge in [0.15, 0.2) is 5.82 Å². The average molecular weight is 353 g/mol. The molecular weight excluding hydrogens is 330 g/mol. The molecule has 0 atom stereocenters. The van der Waals surface area contributed by atoms with Gasteiger partial charge < -0.3 is 20.4 Å². The number of nitrogens with one attached hydrogen (secondary N) is 1. The number of H-pyrrole nitrogens is 1. The van der Waals surface area contributed by atoms with Gasteiger partial charge in [-0.3, -0.25) is 4.79 Å². The predicted molar refractivity (Wildman–Crippen MR) is 101 cm³/mol. The number of aromatic amines is 1. The summed E-state index contributed by atoms with van der Waals surface area (Å²) in [6, 6.07) is 10.8. The quantitative estimate of drug-likeness (QED) is 0.648. The van der Waals surface area contributed by atoms with E-state index in [1.807, 2.05) is 24.3 Å². The van der Waals surface area contributed by atoms with Gasteiger partial charge in [0.1, 0.15) is 17.8 Å². The van der Waals surface area contributed by atoms with Crippen LogP contribution in [0.1, 0.15) is 24.2 Å². The summed E-state index contributed by atoms with van der Waals surface area (Å²) < 4.78 is 5.77. The largest absolute Gasteiger partial charge is 0.476 e. The minimum absolute atomic E-state index is 0.386. The van der Waals surface area contributed by atoms with Crippen molar-refractivity contribution in [2.24, 2.45) is 5.73 Å². The number of likely N-dealkylation sites (N-methyl/N-ethyl adjacent to an activating group) is 1. The topological polar surface area (TPSA) is 97.1 Å². The molecule has 0 aliphatic heterocycles. The van der Waals surface area contributed by atoms with Gasteiger partial charge in [0.2, 0.25) is 5.88 Å². The highest BCUT2D eigenvalue weighted by atomic mass is 16.5. The van der Waals surface area contributed by atoms with E-state index in [1.165, 1.54) is 0 Å². The van der Waals surface area contributed by atoms with Crippen molar-refractivity contribution in [3.63, 3.8) is 0 Å². The normalized spacial score (nSPS) is 11.2. The number of carbonyl (C=O) groups is 1. The first-order valence-corrected chi connectivity index (χ1v) is 8.73. The van der Waals surface area contributed by atoms with E-state index in [0.29, 0.717) is 35.1 Å². The van der Waals surface area contributed by atoms with Crippen LogP contribution in [0, 0.1) is 0 Å². The molecule has 0 saturated carbocycles. The highest BCUT2D eigenvalue weighted by Gasteiger charge is 2.13. The summed E-state index contributed by atoms with van der Waals surface area (Å²) in [7, 11) is 0. The molecule has 1 amide bonds. The summed E-state index contributed by atoms with van der Waals surface area (Å²) in [4.78, 5) is 26.0. The predicted octanol–water partition coefficient (Wildman–Crippen LogP) is 2.44. The molecule has 0 aliphatic rings. The molecular formula is C19H23N5O2. The molecule has 0 spiro atoms. The fourth-order valence-electron chi connectivity index (χ4n) is 2.80. The molecule has 2 heterocycles.